The van der Waals surface area contributed by atoms with Gasteiger partial charge in [0.05, 0.1) is 12.8 Å². The molecule has 0 heterocycles. The lowest BCUT2D eigenvalue weighted by molar-refractivity contribution is 0.257. The van der Waals surface area contributed by atoms with E-state index in [1.54, 1.807) is 0 Å². The summed E-state index contributed by atoms with van der Waals surface area (Å²) in [7, 11) is -3.05. The summed E-state index contributed by atoms with van der Waals surface area (Å²) in [4.78, 5) is 0. The molecule has 3 nitrogen and oxygen atoms in total. The molecule has 0 saturated heterocycles. The highest BCUT2D eigenvalue weighted by molar-refractivity contribution is 7.54. The molecule has 0 aliphatic rings. The van der Waals surface area contributed by atoms with Crippen molar-refractivity contribution in [1.82, 2.24) is 0 Å². The molecular formula is C21H37O3P. The van der Waals surface area contributed by atoms with Crippen LogP contribution in [0.1, 0.15) is 83.6 Å². The van der Waals surface area contributed by atoms with E-state index >= 15 is 0 Å². The van der Waals surface area contributed by atoms with Crippen LogP contribution >= 0.6 is 7.60 Å². The van der Waals surface area contributed by atoms with Crippen LogP contribution in [0.3, 0.4) is 0 Å². The monoisotopic (exact) mass is 368 g/mol. The molecule has 0 spiro atoms. The lowest BCUT2D eigenvalue weighted by Crippen LogP contribution is -2.04. The molecule has 1 rings (SSSR count). The topological polar surface area (TPSA) is 35.5 Å². The molecule has 144 valence electrons. The van der Waals surface area contributed by atoms with Crippen molar-refractivity contribution >= 4 is 7.60 Å². The molecule has 1 unspecified atom stereocenters. The Morgan fingerprint density at radius 3 is 2.16 bits per heavy atom. The third-order valence-electron chi connectivity index (χ3n) is 4.31. The van der Waals surface area contributed by atoms with Gasteiger partial charge in [0, 0.05) is 0 Å². The first kappa shape index (κ1) is 22.3. The van der Waals surface area contributed by atoms with E-state index in [4.69, 9.17) is 9.05 Å². The van der Waals surface area contributed by atoms with Crippen molar-refractivity contribution in [3.63, 3.8) is 0 Å². The van der Waals surface area contributed by atoms with Gasteiger partial charge < -0.3 is 4.52 Å². The van der Waals surface area contributed by atoms with E-state index in [2.05, 4.69) is 13.8 Å². The van der Waals surface area contributed by atoms with Crippen LogP contribution in [0.25, 0.3) is 0 Å². The van der Waals surface area contributed by atoms with Crippen LogP contribution < -0.4 is 4.52 Å². The lowest BCUT2D eigenvalue weighted by atomic mass is 10.1. The maximum absolute atomic E-state index is 13.0. The largest absolute Gasteiger partial charge is 0.424 e. The first-order chi connectivity index (χ1) is 12.1. The number of hydrogen-bond donors (Lipinski definition) is 0. The van der Waals surface area contributed by atoms with E-state index < -0.39 is 7.60 Å². The number of benzene rings is 1. The van der Waals surface area contributed by atoms with Crippen molar-refractivity contribution in [2.45, 2.75) is 85.0 Å². The van der Waals surface area contributed by atoms with Gasteiger partial charge in [-0.25, -0.2) is 4.57 Å². The van der Waals surface area contributed by atoms with E-state index in [1.807, 2.05) is 31.2 Å². The van der Waals surface area contributed by atoms with Crippen LogP contribution in [-0.4, -0.2) is 12.8 Å². The third kappa shape index (κ3) is 10.7. The van der Waals surface area contributed by atoms with Crippen LogP contribution in [0.4, 0.5) is 0 Å². The van der Waals surface area contributed by atoms with E-state index in [1.165, 1.54) is 38.5 Å². The fourth-order valence-corrected chi connectivity index (χ4v) is 4.58. The van der Waals surface area contributed by atoms with Crippen molar-refractivity contribution in [1.29, 1.82) is 0 Å². The number of aryl methyl sites for hydroxylation is 1. The molecule has 4 heteroatoms. The molecule has 0 saturated carbocycles. The molecule has 25 heavy (non-hydrogen) atoms. The van der Waals surface area contributed by atoms with Crippen molar-refractivity contribution < 1.29 is 13.6 Å². The predicted molar refractivity (Wildman–Crippen MR) is 108 cm³/mol. The molecule has 0 aliphatic carbocycles. The maximum Gasteiger partial charge on any atom is 0.379 e. The van der Waals surface area contributed by atoms with Crippen molar-refractivity contribution in [2.75, 3.05) is 12.8 Å². The average Bonchev–Trinajstić information content (AvgIpc) is 2.59. The maximum atomic E-state index is 13.0. The summed E-state index contributed by atoms with van der Waals surface area (Å²) in [6.07, 6.45) is 12.3. The summed E-state index contributed by atoms with van der Waals surface area (Å²) >= 11 is 0. The van der Waals surface area contributed by atoms with Gasteiger partial charge in [0.15, 0.2) is 0 Å². The molecule has 1 atom stereocenters. The molecule has 1 aromatic rings. The third-order valence-corrected chi connectivity index (χ3v) is 6.23. The minimum Gasteiger partial charge on any atom is -0.424 e. The van der Waals surface area contributed by atoms with E-state index in [-0.39, 0.29) is 0 Å². The second-order valence-corrected chi connectivity index (χ2v) is 9.01. The molecule has 1 aromatic carbocycles. The minimum atomic E-state index is -3.05. The smallest absolute Gasteiger partial charge is 0.379 e. The Balaban J connectivity index is 2.33. The van der Waals surface area contributed by atoms with E-state index in [0.717, 1.165) is 31.2 Å². The van der Waals surface area contributed by atoms with Gasteiger partial charge in [-0.1, -0.05) is 77.3 Å². The summed E-state index contributed by atoms with van der Waals surface area (Å²) in [5.74, 6) is 0.648. The molecular weight excluding hydrogens is 331 g/mol. The fourth-order valence-electron chi connectivity index (χ4n) is 2.76. The van der Waals surface area contributed by atoms with Gasteiger partial charge in [0.25, 0.3) is 0 Å². The Kier molecular flexibility index (Phi) is 11.9. The summed E-state index contributed by atoms with van der Waals surface area (Å²) in [6.45, 7) is 6.87. The van der Waals surface area contributed by atoms with Crippen LogP contribution in [0.5, 0.6) is 5.75 Å². The quantitative estimate of drug-likeness (QED) is 0.237. The van der Waals surface area contributed by atoms with Gasteiger partial charge in [-0.05, 0) is 37.5 Å². The molecule has 0 aromatic heterocycles. The normalized spacial score (nSPS) is 13.6. The van der Waals surface area contributed by atoms with Crippen LogP contribution in [0.2, 0.25) is 0 Å². The highest BCUT2D eigenvalue weighted by Crippen LogP contribution is 2.49. The zero-order valence-electron chi connectivity index (χ0n) is 16.5. The number of hydrogen-bond acceptors (Lipinski definition) is 3. The Bertz CT molecular complexity index is 502. The Labute approximate surface area is 155 Å². The summed E-state index contributed by atoms with van der Waals surface area (Å²) in [5, 5.41) is 0. The summed E-state index contributed by atoms with van der Waals surface area (Å²) in [6, 6.07) is 7.70. The average molecular weight is 368 g/mol. The van der Waals surface area contributed by atoms with Gasteiger partial charge in [0.1, 0.15) is 5.75 Å². The van der Waals surface area contributed by atoms with Crippen molar-refractivity contribution in [2.24, 2.45) is 0 Å². The molecule has 0 bridgehead atoms. The summed E-state index contributed by atoms with van der Waals surface area (Å²) < 4.78 is 24.6. The van der Waals surface area contributed by atoms with Gasteiger partial charge in [0.2, 0.25) is 0 Å². The molecule has 0 radical (unpaired) electrons. The SMILES string of the molecule is CCCCCCCCCCOP(=O)(CCCC)Oc1cccc(C)c1. The van der Waals surface area contributed by atoms with E-state index in [9.17, 15) is 4.57 Å². The zero-order valence-corrected chi connectivity index (χ0v) is 17.4. The van der Waals surface area contributed by atoms with Gasteiger partial charge in [-0.3, -0.25) is 4.52 Å². The highest BCUT2D eigenvalue weighted by atomic mass is 31.2. The summed E-state index contributed by atoms with van der Waals surface area (Å²) in [5.41, 5.74) is 1.10. The van der Waals surface area contributed by atoms with Crippen molar-refractivity contribution in [3.05, 3.63) is 29.8 Å². The number of unbranched alkanes of at least 4 members (excludes halogenated alkanes) is 8. The zero-order chi connectivity index (χ0) is 18.4. The number of rotatable bonds is 15. The predicted octanol–water partition coefficient (Wildman–Crippen LogP) is 7.52. The first-order valence-corrected chi connectivity index (χ1v) is 11.8. The second-order valence-electron chi connectivity index (χ2n) is 6.90. The van der Waals surface area contributed by atoms with Gasteiger partial charge in [-0.15, -0.1) is 0 Å². The van der Waals surface area contributed by atoms with Gasteiger partial charge in [-0.2, -0.15) is 0 Å². The molecule has 0 fully saturated rings. The Morgan fingerprint density at radius 1 is 0.880 bits per heavy atom. The lowest BCUT2D eigenvalue weighted by Gasteiger charge is -2.19. The highest BCUT2D eigenvalue weighted by Gasteiger charge is 2.25. The standard InChI is InChI=1S/C21H37O3P/c1-4-6-8-9-10-11-12-13-17-23-25(22,18-7-5-2)24-21-16-14-15-20(3)19-21/h14-16,19H,4-13,17-18H2,1-3H3. The fraction of sp³-hybridized carbons (Fsp3) is 0.714. The Hall–Kier alpha value is -0.790. The van der Waals surface area contributed by atoms with Gasteiger partial charge >= 0.3 is 7.60 Å². The van der Waals surface area contributed by atoms with Crippen molar-refractivity contribution in [3.8, 4) is 5.75 Å². The Morgan fingerprint density at radius 2 is 1.52 bits per heavy atom. The second kappa shape index (κ2) is 13.4. The van der Waals surface area contributed by atoms with Crippen LogP contribution in [-0.2, 0) is 9.09 Å². The van der Waals surface area contributed by atoms with Crippen LogP contribution in [0.15, 0.2) is 24.3 Å². The molecule has 0 aliphatic heterocycles. The van der Waals surface area contributed by atoms with E-state index in [0.29, 0.717) is 18.5 Å². The van der Waals surface area contributed by atoms with Crippen LogP contribution in [0, 0.1) is 6.92 Å². The molecule has 0 amide bonds. The first-order valence-electron chi connectivity index (χ1n) is 10.1. The molecule has 0 N–H and O–H groups in total. The minimum absolute atomic E-state index is 0.495.